The molecular weight excluding hydrogens is 323 g/mol. The molecule has 1 aliphatic heterocycles. The van der Waals surface area contributed by atoms with Crippen molar-refractivity contribution in [1.29, 1.82) is 0 Å². The van der Waals surface area contributed by atoms with Gasteiger partial charge in [0, 0.05) is 13.1 Å². The van der Waals surface area contributed by atoms with Gasteiger partial charge in [0.1, 0.15) is 0 Å². The molecule has 1 aromatic carbocycles. The van der Waals surface area contributed by atoms with E-state index in [4.69, 9.17) is 5.11 Å². The molecule has 0 saturated carbocycles. The van der Waals surface area contributed by atoms with E-state index in [9.17, 15) is 22.8 Å². The number of aliphatic carboxylic acids is 1. The number of nitrogens with zero attached hydrogens (tertiary/aromatic N) is 1. The van der Waals surface area contributed by atoms with Crippen LogP contribution in [0.15, 0.2) is 24.3 Å². The van der Waals surface area contributed by atoms with Gasteiger partial charge in [-0.05, 0) is 31.4 Å². The Morgan fingerprint density at radius 1 is 1.17 bits per heavy atom. The highest BCUT2D eigenvalue weighted by Gasteiger charge is 2.42. The van der Waals surface area contributed by atoms with Crippen LogP contribution >= 0.6 is 0 Å². The van der Waals surface area contributed by atoms with E-state index >= 15 is 0 Å². The zero-order valence-corrected chi connectivity index (χ0v) is 13.7. The van der Waals surface area contributed by atoms with Gasteiger partial charge in [0.25, 0.3) is 0 Å². The van der Waals surface area contributed by atoms with E-state index < -0.39 is 29.0 Å². The van der Waals surface area contributed by atoms with Gasteiger partial charge >= 0.3 is 12.1 Å². The number of rotatable bonds is 3. The molecule has 1 saturated heterocycles. The van der Waals surface area contributed by atoms with E-state index in [2.05, 4.69) is 0 Å². The molecule has 1 aromatic rings. The standard InChI is InChI=1S/C17H20F3NO3/c1-10-8-21(9-13(10)14(22)23)15(24)16(2,3)11-5-4-6-12(7-11)17(18,19)20/h4-7,10,13H,8-9H2,1-3H3,(H,22,23)/t10-,13-/m1/s1. The zero-order valence-electron chi connectivity index (χ0n) is 13.7. The van der Waals surface area contributed by atoms with Crippen LogP contribution < -0.4 is 0 Å². The summed E-state index contributed by atoms with van der Waals surface area (Å²) >= 11 is 0. The first-order valence-corrected chi connectivity index (χ1v) is 7.64. The fourth-order valence-electron chi connectivity index (χ4n) is 3.06. The van der Waals surface area contributed by atoms with Crippen LogP contribution in [0.2, 0.25) is 0 Å². The molecule has 24 heavy (non-hydrogen) atoms. The molecule has 1 aliphatic rings. The fraction of sp³-hybridized carbons (Fsp3) is 0.529. The largest absolute Gasteiger partial charge is 0.481 e. The first-order chi connectivity index (χ1) is 10.9. The Bertz CT molecular complexity index is 655. The van der Waals surface area contributed by atoms with Gasteiger partial charge in [0.2, 0.25) is 5.91 Å². The van der Waals surface area contributed by atoms with Gasteiger partial charge in [0.05, 0.1) is 16.9 Å². The molecule has 2 rings (SSSR count). The monoisotopic (exact) mass is 343 g/mol. The van der Waals surface area contributed by atoms with E-state index in [1.165, 1.54) is 17.0 Å². The Morgan fingerprint density at radius 3 is 2.25 bits per heavy atom. The maximum Gasteiger partial charge on any atom is 0.416 e. The van der Waals surface area contributed by atoms with Crippen molar-refractivity contribution < 1.29 is 27.9 Å². The van der Waals surface area contributed by atoms with E-state index in [0.29, 0.717) is 0 Å². The zero-order chi connectivity index (χ0) is 18.3. The lowest BCUT2D eigenvalue weighted by Crippen LogP contribution is -2.42. The maximum atomic E-state index is 12.9. The average Bonchev–Trinajstić information content (AvgIpc) is 2.87. The average molecular weight is 343 g/mol. The summed E-state index contributed by atoms with van der Waals surface area (Å²) in [6, 6.07) is 4.70. The Labute approximate surface area is 138 Å². The highest BCUT2D eigenvalue weighted by atomic mass is 19.4. The van der Waals surface area contributed by atoms with Gasteiger partial charge in [-0.1, -0.05) is 25.1 Å². The number of hydrogen-bond donors (Lipinski definition) is 1. The number of carbonyl (C=O) groups is 2. The molecule has 7 heteroatoms. The SMILES string of the molecule is C[C@@H]1CN(C(=O)C(C)(C)c2cccc(C(F)(F)F)c2)C[C@H]1C(=O)O. The minimum Gasteiger partial charge on any atom is -0.481 e. The molecule has 1 amide bonds. The van der Waals surface area contributed by atoms with Crippen molar-refractivity contribution in [2.24, 2.45) is 11.8 Å². The van der Waals surface area contributed by atoms with E-state index in [1.54, 1.807) is 20.8 Å². The van der Waals surface area contributed by atoms with Crippen molar-refractivity contribution in [3.05, 3.63) is 35.4 Å². The minimum atomic E-state index is -4.48. The lowest BCUT2D eigenvalue weighted by Gasteiger charge is -2.30. The van der Waals surface area contributed by atoms with E-state index in [1.807, 2.05) is 0 Å². The molecule has 0 unspecified atom stereocenters. The van der Waals surface area contributed by atoms with E-state index in [-0.39, 0.29) is 30.5 Å². The Hall–Kier alpha value is -2.05. The number of carbonyl (C=O) groups excluding carboxylic acids is 1. The number of alkyl halides is 3. The molecule has 0 bridgehead atoms. The van der Waals surface area contributed by atoms with Crippen molar-refractivity contribution in [2.45, 2.75) is 32.4 Å². The quantitative estimate of drug-likeness (QED) is 0.917. The predicted octanol–water partition coefficient (Wildman–Crippen LogP) is 3.16. The summed E-state index contributed by atoms with van der Waals surface area (Å²) in [7, 11) is 0. The Balaban J connectivity index is 2.27. The first-order valence-electron chi connectivity index (χ1n) is 7.64. The summed E-state index contributed by atoms with van der Waals surface area (Å²) in [4.78, 5) is 25.4. The van der Waals surface area contributed by atoms with Crippen molar-refractivity contribution in [3.63, 3.8) is 0 Å². The molecule has 0 aromatic heterocycles. The molecule has 0 radical (unpaired) electrons. The second-order valence-electron chi connectivity index (χ2n) is 6.84. The smallest absolute Gasteiger partial charge is 0.416 e. The van der Waals surface area contributed by atoms with Crippen LogP contribution in [0, 0.1) is 11.8 Å². The first kappa shape index (κ1) is 18.3. The van der Waals surface area contributed by atoms with Crippen molar-refractivity contribution >= 4 is 11.9 Å². The third-order valence-corrected chi connectivity index (χ3v) is 4.66. The molecular formula is C17H20F3NO3. The van der Waals surface area contributed by atoms with Crippen LogP contribution in [-0.4, -0.2) is 35.0 Å². The van der Waals surface area contributed by atoms with Crippen molar-refractivity contribution in [2.75, 3.05) is 13.1 Å². The summed E-state index contributed by atoms with van der Waals surface area (Å²) in [5.74, 6) is -2.16. The summed E-state index contributed by atoms with van der Waals surface area (Å²) in [5, 5.41) is 9.17. The van der Waals surface area contributed by atoms with Crippen LogP contribution in [0.5, 0.6) is 0 Å². The summed E-state index contributed by atoms with van der Waals surface area (Å²) in [6.07, 6.45) is -4.48. The van der Waals surface area contributed by atoms with Crippen LogP contribution in [0.3, 0.4) is 0 Å². The number of benzene rings is 1. The number of amides is 1. The van der Waals surface area contributed by atoms with E-state index in [0.717, 1.165) is 12.1 Å². The van der Waals surface area contributed by atoms with Crippen LogP contribution in [0.1, 0.15) is 31.9 Å². The summed E-state index contributed by atoms with van der Waals surface area (Å²) < 4.78 is 38.7. The van der Waals surface area contributed by atoms with Gasteiger partial charge in [-0.3, -0.25) is 9.59 Å². The lowest BCUT2D eigenvalue weighted by atomic mass is 9.82. The Morgan fingerprint density at radius 2 is 1.75 bits per heavy atom. The number of hydrogen-bond acceptors (Lipinski definition) is 2. The number of halogens is 3. The third kappa shape index (κ3) is 3.39. The maximum absolute atomic E-state index is 12.9. The molecule has 1 heterocycles. The number of carboxylic acids is 1. The molecule has 1 fully saturated rings. The highest BCUT2D eigenvalue weighted by molar-refractivity contribution is 5.88. The van der Waals surface area contributed by atoms with Gasteiger partial charge in [0.15, 0.2) is 0 Å². The molecule has 2 atom stereocenters. The third-order valence-electron chi connectivity index (χ3n) is 4.66. The van der Waals surface area contributed by atoms with Crippen molar-refractivity contribution in [1.82, 2.24) is 4.90 Å². The fourth-order valence-corrected chi connectivity index (χ4v) is 3.06. The summed E-state index contributed by atoms with van der Waals surface area (Å²) in [6.45, 7) is 5.24. The van der Waals surface area contributed by atoms with Gasteiger partial charge in [-0.25, -0.2) is 0 Å². The van der Waals surface area contributed by atoms with Crippen molar-refractivity contribution in [3.8, 4) is 0 Å². The van der Waals surface area contributed by atoms with Gasteiger partial charge in [-0.2, -0.15) is 13.2 Å². The second-order valence-corrected chi connectivity index (χ2v) is 6.84. The molecule has 0 spiro atoms. The Kier molecular flexibility index (Phi) is 4.65. The normalized spacial score (nSPS) is 21.8. The highest BCUT2D eigenvalue weighted by Crippen LogP contribution is 2.35. The van der Waals surface area contributed by atoms with Crippen LogP contribution in [-0.2, 0) is 21.2 Å². The van der Waals surface area contributed by atoms with Gasteiger partial charge < -0.3 is 10.0 Å². The lowest BCUT2D eigenvalue weighted by molar-refractivity contribution is -0.143. The summed E-state index contributed by atoms with van der Waals surface area (Å²) in [5.41, 5.74) is -1.72. The molecule has 1 N–H and O–H groups in total. The minimum absolute atomic E-state index is 0.0811. The number of carboxylic acid groups (broad SMARTS) is 1. The van der Waals surface area contributed by atoms with Crippen LogP contribution in [0.25, 0.3) is 0 Å². The molecule has 0 aliphatic carbocycles. The predicted molar refractivity (Wildman–Crippen MR) is 81.3 cm³/mol. The van der Waals surface area contributed by atoms with Crippen LogP contribution in [0.4, 0.5) is 13.2 Å². The second kappa shape index (κ2) is 6.11. The molecule has 132 valence electrons. The molecule has 4 nitrogen and oxygen atoms in total. The van der Waals surface area contributed by atoms with Gasteiger partial charge in [-0.15, -0.1) is 0 Å². The number of likely N-dealkylation sites (tertiary alicyclic amines) is 1. The topological polar surface area (TPSA) is 57.6 Å².